The normalized spacial score (nSPS) is 21.0. The van der Waals surface area contributed by atoms with E-state index in [2.05, 4.69) is 16.5 Å². The fraction of sp³-hybridized carbons (Fsp3) is 0.529. The molecule has 1 aromatic carbocycles. The summed E-state index contributed by atoms with van der Waals surface area (Å²) in [4.78, 5) is 26.1. The maximum Gasteiger partial charge on any atom is 0.234 e. The molecule has 2 rings (SSSR count). The van der Waals surface area contributed by atoms with Gasteiger partial charge in [-0.05, 0) is 26.1 Å². The summed E-state index contributed by atoms with van der Waals surface area (Å²) in [5.74, 6) is -0.141. The Morgan fingerprint density at radius 1 is 1.27 bits per heavy atom. The Labute approximate surface area is 136 Å². The largest absolute Gasteiger partial charge is 0.348 e. The smallest absolute Gasteiger partial charge is 0.234 e. The van der Waals surface area contributed by atoms with E-state index >= 15 is 0 Å². The first-order valence-corrected chi connectivity index (χ1v) is 8.98. The number of benzene rings is 1. The van der Waals surface area contributed by atoms with E-state index < -0.39 is 0 Å². The molecule has 1 aliphatic carbocycles. The number of likely N-dealkylation sites (N-methyl/N-ethyl adjacent to an activating group) is 1. The van der Waals surface area contributed by atoms with Crippen LogP contribution in [0.5, 0.6) is 0 Å². The SMILES string of the molecule is CS[C@@H]1CCC[C@@H]1N(C)CC(=O)NCC(=O)c1ccccc1. The summed E-state index contributed by atoms with van der Waals surface area (Å²) in [7, 11) is 2.00. The molecular weight excluding hydrogens is 296 g/mol. The van der Waals surface area contributed by atoms with E-state index in [4.69, 9.17) is 0 Å². The van der Waals surface area contributed by atoms with Gasteiger partial charge in [-0.2, -0.15) is 11.8 Å². The molecule has 1 aliphatic rings. The van der Waals surface area contributed by atoms with Gasteiger partial charge in [-0.1, -0.05) is 36.8 Å². The predicted octanol–water partition coefficient (Wildman–Crippen LogP) is 2.20. The van der Waals surface area contributed by atoms with Gasteiger partial charge in [0.25, 0.3) is 0 Å². The second-order valence-electron chi connectivity index (χ2n) is 5.75. The summed E-state index contributed by atoms with van der Waals surface area (Å²) in [5, 5.41) is 3.35. The van der Waals surface area contributed by atoms with Crippen LogP contribution in [-0.2, 0) is 4.79 Å². The first kappa shape index (κ1) is 17.0. The van der Waals surface area contributed by atoms with E-state index in [1.165, 1.54) is 12.8 Å². The number of Topliss-reactive ketones (excluding diaryl/α,β-unsaturated/α-hetero) is 1. The standard InChI is InChI=1S/C17H24N2O2S/c1-19(14-9-6-10-16(14)22-2)12-17(21)18-11-15(20)13-7-4-3-5-8-13/h3-5,7-8,14,16H,6,9-12H2,1-2H3,(H,18,21)/t14-,16+/m0/s1. The minimum absolute atomic E-state index is 0.0561. The number of rotatable bonds is 7. The number of hydrogen-bond acceptors (Lipinski definition) is 4. The van der Waals surface area contributed by atoms with Crippen LogP contribution in [0.3, 0.4) is 0 Å². The van der Waals surface area contributed by atoms with E-state index in [1.807, 2.05) is 37.0 Å². The fourth-order valence-electron chi connectivity index (χ4n) is 2.99. The molecule has 1 aromatic rings. The quantitative estimate of drug-likeness (QED) is 0.783. The van der Waals surface area contributed by atoms with Crippen LogP contribution in [0.25, 0.3) is 0 Å². The third-order valence-electron chi connectivity index (χ3n) is 4.22. The first-order chi connectivity index (χ1) is 10.6. The molecule has 0 aliphatic heterocycles. The molecule has 4 nitrogen and oxygen atoms in total. The fourth-order valence-corrected chi connectivity index (χ4v) is 4.05. The molecule has 1 amide bonds. The van der Waals surface area contributed by atoms with Crippen molar-refractivity contribution >= 4 is 23.5 Å². The lowest BCUT2D eigenvalue weighted by Gasteiger charge is -2.28. The summed E-state index contributed by atoms with van der Waals surface area (Å²) in [5.41, 5.74) is 0.634. The van der Waals surface area contributed by atoms with Crippen molar-refractivity contribution in [1.82, 2.24) is 10.2 Å². The highest BCUT2D eigenvalue weighted by Gasteiger charge is 2.30. The van der Waals surface area contributed by atoms with Gasteiger partial charge in [0.1, 0.15) is 0 Å². The van der Waals surface area contributed by atoms with Gasteiger partial charge in [0.15, 0.2) is 5.78 Å². The summed E-state index contributed by atoms with van der Waals surface area (Å²) < 4.78 is 0. The molecule has 0 heterocycles. The second-order valence-corrected chi connectivity index (χ2v) is 6.83. The van der Waals surface area contributed by atoms with Crippen LogP contribution in [0.4, 0.5) is 0 Å². The Bertz CT molecular complexity index is 507. The zero-order valence-electron chi connectivity index (χ0n) is 13.2. The van der Waals surface area contributed by atoms with E-state index in [0.29, 0.717) is 23.4 Å². The number of carbonyl (C=O) groups is 2. The van der Waals surface area contributed by atoms with Gasteiger partial charge in [0, 0.05) is 16.9 Å². The molecular formula is C17H24N2O2S. The monoisotopic (exact) mass is 320 g/mol. The van der Waals surface area contributed by atoms with Gasteiger partial charge in [-0.15, -0.1) is 0 Å². The highest BCUT2D eigenvalue weighted by Crippen LogP contribution is 2.31. The van der Waals surface area contributed by atoms with Crippen molar-refractivity contribution in [2.45, 2.75) is 30.6 Å². The second kappa shape index (κ2) is 8.34. The number of nitrogens with one attached hydrogen (secondary N) is 1. The van der Waals surface area contributed by atoms with Crippen molar-refractivity contribution < 1.29 is 9.59 Å². The van der Waals surface area contributed by atoms with Crippen LogP contribution >= 0.6 is 11.8 Å². The lowest BCUT2D eigenvalue weighted by atomic mass is 10.1. The molecule has 0 aromatic heterocycles. The van der Waals surface area contributed by atoms with Gasteiger partial charge in [0.2, 0.25) is 5.91 Å². The average Bonchev–Trinajstić information content (AvgIpc) is 3.02. The predicted molar refractivity (Wildman–Crippen MR) is 91.4 cm³/mol. The third kappa shape index (κ3) is 4.58. The van der Waals surface area contributed by atoms with Crippen LogP contribution in [0.2, 0.25) is 0 Å². The molecule has 0 saturated heterocycles. The minimum Gasteiger partial charge on any atom is -0.348 e. The van der Waals surface area contributed by atoms with Gasteiger partial charge in [-0.25, -0.2) is 0 Å². The lowest BCUT2D eigenvalue weighted by molar-refractivity contribution is -0.122. The molecule has 120 valence electrons. The van der Waals surface area contributed by atoms with E-state index in [0.717, 1.165) is 6.42 Å². The van der Waals surface area contributed by atoms with Gasteiger partial charge in [-0.3, -0.25) is 14.5 Å². The number of ketones is 1. The van der Waals surface area contributed by atoms with Crippen molar-refractivity contribution in [2.24, 2.45) is 0 Å². The van der Waals surface area contributed by atoms with Crippen molar-refractivity contribution in [3.05, 3.63) is 35.9 Å². The van der Waals surface area contributed by atoms with Crippen LogP contribution in [0, 0.1) is 0 Å². The van der Waals surface area contributed by atoms with Crippen molar-refractivity contribution in [1.29, 1.82) is 0 Å². The van der Waals surface area contributed by atoms with Crippen LogP contribution in [-0.4, -0.2) is 54.3 Å². The average molecular weight is 320 g/mol. The molecule has 0 bridgehead atoms. The van der Waals surface area contributed by atoms with Crippen LogP contribution < -0.4 is 5.32 Å². The molecule has 2 atom stereocenters. The highest BCUT2D eigenvalue weighted by molar-refractivity contribution is 7.99. The molecule has 0 unspecified atom stereocenters. The maximum absolute atomic E-state index is 12.0. The van der Waals surface area contributed by atoms with Crippen molar-refractivity contribution in [3.63, 3.8) is 0 Å². The molecule has 0 radical (unpaired) electrons. The number of hydrogen-bond donors (Lipinski definition) is 1. The minimum atomic E-state index is -0.0847. The molecule has 1 N–H and O–H groups in total. The highest BCUT2D eigenvalue weighted by atomic mass is 32.2. The Hall–Kier alpha value is -1.33. The van der Waals surface area contributed by atoms with Crippen LogP contribution in [0.1, 0.15) is 29.6 Å². The van der Waals surface area contributed by atoms with E-state index in [9.17, 15) is 9.59 Å². The maximum atomic E-state index is 12.0. The first-order valence-electron chi connectivity index (χ1n) is 7.70. The van der Waals surface area contributed by atoms with Crippen molar-refractivity contribution in [2.75, 3.05) is 26.4 Å². The molecule has 5 heteroatoms. The summed E-state index contributed by atoms with van der Waals surface area (Å²) >= 11 is 1.88. The van der Waals surface area contributed by atoms with Crippen molar-refractivity contribution in [3.8, 4) is 0 Å². The Balaban J connectivity index is 1.77. The molecule has 1 saturated carbocycles. The molecule has 1 fully saturated rings. The lowest BCUT2D eigenvalue weighted by Crippen LogP contribution is -2.44. The Kier molecular flexibility index (Phi) is 6.46. The van der Waals surface area contributed by atoms with E-state index in [1.54, 1.807) is 12.1 Å². The Morgan fingerprint density at radius 2 is 2.00 bits per heavy atom. The third-order valence-corrected chi connectivity index (χ3v) is 5.38. The van der Waals surface area contributed by atoms with Gasteiger partial charge < -0.3 is 5.32 Å². The number of nitrogens with zero attached hydrogens (tertiary/aromatic N) is 1. The zero-order valence-corrected chi connectivity index (χ0v) is 14.1. The molecule has 22 heavy (non-hydrogen) atoms. The summed E-state index contributed by atoms with van der Waals surface area (Å²) in [6.45, 7) is 0.414. The summed E-state index contributed by atoms with van der Waals surface area (Å²) in [6, 6.07) is 9.51. The Morgan fingerprint density at radius 3 is 2.68 bits per heavy atom. The topological polar surface area (TPSA) is 49.4 Å². The van der Waals surface area contributed by atoms with Crippen LogP contribution in [0.15, 0.2) is 30.3 Å². The summed E-state index contributed by atoms with van der Waals surface area (Å²) in [6.07, 6.45) is 5.74. The number of carbonyl (C=O) groups excluding carboxylic acids is 2. The number of thioether (sulfide) groups is 1. The van der Waals surface area contributed by atoms with Gasteiger partial charge >= 0.3 is 0 Å². The zero-order chi connectivity index (χ0) is 15.9. The van der Waals surface area contributed by atoms with Gasteiger partial charge in [0.05, 0.1) is 13.1 Å². The molecule has 0 spiro atoms. The number of amides is 1. The van der Waals surface area contributed by atoms with E-state index in [-0.39, 0.29) is 18.2 Å².